The Labute approximate surface area is 114 Å². The second kappa shape index (κ2) is 6.53. The number of para-hydroxylation sites is 1. The van der Waals surface area contributed by atoms with E-state index in [4.69, 9.17) is 10.2 Å². The molecule has 19 heavy (non-hydrogen) atoms. The summed E-state index contributed by atoms with van der Waals surface area (Å²) in [6.45, 7) is 4.64. The molecule has 0 saturated heterocycles. The monoisotopic (exact) mass is 258 g/mol. The predicted octanol–water partition coefficient (Wildman–Crippen LogP) is 3.31. The summed E-state index contributed by atoms with van der Waals surface area (Å²) >= 11 is 0. The molecular formula is C16H22N2O. The van der Waals surface area contributed by atoms with E-state index in [9.17, 15) is 0 Å². The predicted molar refractivity (Wildman–Crippen MR) is 77.7 cm³/mol. The number of aryl methyl sites for hydroxylation is 1. The fraction of sp³-hybridized carbons (Fsp3) is 0.438. The van der Waals surface area contributed by atoms with Gasteiger partial charge in [0.1, 0.15) is 0 Å². The molecule has 0 unspecified atom stereocenters. The van der Waals surface area contributed by atoms with Crippen LogP contribution in [0.15, 0.2) is 36.4 Å². The van der Waals surface area contributed by atoms with Crippen LogP contribution in [0.1, 0.15) is 44.0 Å². The summed E-state index contributed by atoms with van der Waals surface area (Å²) in [5.41, 5.74) is 3.46. The van der Waals surface area contributed by atoms with Gasteiger partial charge in [-0.15, -0.1) is 0 Å². The van der Waals surface area contributed by atoms with Gasteiger partial charge in [-0.25, -0.2) is 4.68 Å². The lowest BCUT2D eigenvalue weighted by Crippen LogP contribution is -2.03. The number of hydrogen-bond donors (Lipinski definition) is 1. The average molecular weight is 258 g/mol. The van der Waals surface area contributed by atoms with Crippen molar-refractivity contribution in [3.63, 3.8) is 0 Å². The van der Waals surface area contributed by atoms with Crippen molar-refractivity contribution >= 4 is 0 Å². The number of unbranched alkanes of at least 4 members (excludes halogenated alkanes) is 1. The molecule has 1 N–H and O–H groups in total. The largest absolute Gasteiger partial charge is 0.396 e. The molecule has 0 fully saturated rings. The SMILES string of the molecule is CC(C)c1cc(CCCCO)nn1-c1ccccc1. The number of nitrogens with zero attached hydrogens (tertiary/aromatic N) is 2. The quantitative estimate of drug-likeness (QED) is 0.807. The molecule has 0 aliphatic rings. The molecule has 102 valence electrons. The Balaban J connectivity index is 2.26. The van der Waals surface area contributed by atoms with Crippen LogP contribution >= 0.6 is 0 Å². The topological polar surface area (TPSA) is 38.1 Å². The Kier molecular flexibility index (Phi) is 4.74. The standard InChI is InChI=1S/C16H22N2O/c1-13(2)16-12-14(8-6-7-11-19)17-18(16)15-9-4-3-5-10-15/h3-5,9-10,12-13,19H,6-8,11H2,1-2H3. The number of rotatable bonds is 6. The smallest absolute Gasteiger partial charge is 0.0649 e. The van der Waals surface area contributed by atoms with Crippen LogP contribution in [0.5, 0.6) is 0 Å². The summed E-state index contributed by atoms with van der Waals surface area (Å²) in [6, 6.07) is 12.4. The first-order valence-corrected chi connectivity index (χ1v) is 6.97. The van der Waals surface area contributed by atoms with E-state index in [1.54, 1.807) is 0 Å². The van der Waals surface area contributed by atoms with Crippen molar-refractivity contribution in [2.24, 2.45) is 0 Å². The van der Waals surface area contributed by atoms with E-state index < -0.39 is 0 Å². The van der Waals surface area contributed by atoms with Crippen molar-refractivity contribution < 1.29 is 5.11 Å². The van der Waals surface area contributed by atoms with Crippen molar-refractivity contribution in [1.82, 2.24) is 9.78 Å². The van der Waals surface area contributed by atoms with Crippen LogP contribution in [0.3, 0.4) is 0 Å². The molecule has 1 aromatic heterocycles. The minimum absolute atomic E-state index is 0.260. The Morgan fingerprint density at radius 1 is 1.16 bits per heavy atom. The summed E-state index contributed by atoms with van der Waals surface area (Å²) in [6.07, 6.45) is 2.76. The molecule has 0 saturated carbocycles. The molecule has 3 nitrogen and oxygen atoms in total. The Hall–Kier alpha value is -1.61. The molecule has 0 bridgehead atoms. The minimum atomic E-state index is 0.260. The highest BCUT2D eigenvalue weighted by Gasteiger charge is 2.12. The van der Waals surface area contributed by atoms with Crippen LogP contribution in [0.25, 0.3) is 5.69 Å². The molecule has 3 heteroatoms. The normalized spacial score (nSPS) is 11.2. The van der Waals surface area contributed by atoms with E-state index in [2.05, 4.69) is 32.0 Å². The Morgan fingerprint density at radius 2 is 1.89 bits per heavy atom. The first-order valence-electron chi connectivity index (χ1n) is 6.97. The second-order valence-electron chi connectivity index (χ2n) is 5.14. The van der Waals surface area contributed by atoms with Gasteiger partial charge in [0.2, 0.25) is 0 Å². The number of aliphatic hydroxyl groups is 1. The van der Waals surface area contributed by atoms with Crippen molar-refractivity contribution in [3.05, 3.63) is 47.8 Å². The van der Waals surface area contributed by atoms with E-state index in [0.29, 0.717) is 5.92 Å². The second-order valence-corrected chi connectivity index (χ2v) is 5.14. The zero-order chi connectivity index (χ0) is 13.7. The van der Waals surface area contributed by atoms with E-state index in [-0.39, 0.29) is 6.61 Å². The van der Waals surface area contributed by atoms with Crippen molar-refractivity contribution in [1.29, 1.82) is 0 Å². The maximum Gasteiger partial charge on any atom is 0.0649 e. The highest BCUT2D eigenvalue weighted by molar-refractivity contribution is 5.34. The fourth-order valence-corrected chi connectivity index (χ4v) is 2.17. The summed E-state index contributed by atoms with van der Waals surface area (Å²) in [7, 11) is 0. The van der Waals surface area contributed by atoms with Crippen molar-refractivity contribution in [2.45, 2.75) is 39.0 Å². The van der Waals surface area contributed by atoms with Gasteiger partial charge in [-0.2, -0.15) is 5.10 Å². The molecule has 0 spiro atoms. The van der Waals surface area contributed by atoms with Crippen LogP contribution in [-0.2, 0) is 6.42 Å². The van der Waals surface area contributed by atoms with Crippen LogP contribution in [-0.4, -0.2) is 21.5 Å². The van der Waals surface area contributed by atoms with Crippen LogP contribution < -0.4 is 0 Å². The van der Waals surface area contributed by atoms with Gasteiger partial charge in [0.15, 0.2) is 0 Å². The molecule has 0 radical (unpaired) electrons. The van der Waals surface area contributed by atoms with Crippen LogP contribution in [0.4, 0.5) is 0 Å². The van der Waals surface area contributed by atoms with Gasteiger partial charge in [-0.1, -0.05) is 32.0 Å². The molecule has 0 amide bonds. The van der Waals surface area contributed by atoms with Crippen LogP contribution in [0.2, 0.25) is 0 Å². The fourth-order valence-electron chi connectivity index (χ4n) is 2.17. The van der Waals surface area contributed by atoms with Gasteiger partial charge < -0.3 is 5.11 Å². The molecule has 2 aromatic rings. The summed E-state index contributed by atoms with van der Waals surface area (Å²) in [5, 5.41) is 13.6. The van der Waals surface area contributed by atoms with Crippen LogP contribution in [0, 0.1) is 0 Å². The number of aliphatic hydroxyl groups excluding tert-OH is 1. The number of aromatic nitrogens is 2. The molecule has 0 atom stereocenters. The summed E-state index contributed by atoms with van der Waals surface area (Å²) in [4.78, 5) is 0. The summed E-state index contributed by atoms with van der Waals surface area (Å²) in [5.74, 6) is 0.444. The highest BCUT2D eigenvalue weighted by Crippen LogP contribution is 2.21. The van der Waals surface area contributed by atoms with Gasteiger partial charge in [0, 0.05) is 12.3 Å². The van der Waals surface area contributed by atoms with Gasteiger partial charge in [-0.3, -0.25) is 0 Å². The molecule has 1 heterocycles. The maximum atomic E-state index is 8.84. The first-order chi connectivity index (χ1) is 9.22. The number of benzene rings is 1. The highest BCUT2D eigenvalue weighted by atomic mass is 16.2. The summed E-state index contributed by atoms with van der Waals surface area (Å²) < 4.78 is 2.04. The molecular weight excluding hydrogens is 236 g/mol. The van der Waals surface area contributed by atoms with E-state index in [1.807, 2.05) is 22.9 Å². The first kappa shape index (κ1) is 13.8. The molecule has 0 aliphatic carbocycles. The molecule has 2 rings (SSSR count). The minimum Gasteiger partial charge on any atom is -0.396 e. The van der Waals surface area contributed by atoms with Gasteiger partial charge >= 0.3 is 0 Å². The zero-order valence-electron chi connectivity index (χ0n) is 11.7. The van der Waals surface area contributed by atoms with E-state index >= 15 is 0 Å². The third kappa shape index (κ3) is 3.44. The van der Waals surface area contributed by atoms with Crippen molar-refractivity contribution in [3.8, 4) is 5.69 Å². The average Bonchev–Trinajstić information content (AvgIpc) is 2.84. The molecule has 1 aromatic carbocycles. The zero-order valence-corrected chi connectivity index (χ0v) is 11.7. The Bertz CT molecular complexity index is 503. The maximum absolute atomic E-state index is 8.84. The van der Waals surface area contributed by atoms with Crippen molar-refractivity contribution in [2.75, 3.05) is 6.61 Å². The lowest BCUT2D eigenvalue weighted by Gasteiger charge is -2.09. The number of hydrogen-bond acceptors (Lipinski definition) is 2. The lowest BCUT2D eigenvalue weighted by molar-refractivity contribution is 0.284. The van der Waals surface area contributed by atoms with E-state index in [0.717, 1.165) is 30.6 Å². The lowest BCUT2D eigenvalue weighted by atomic mass is 10.1. The third-order valence-electron chi connectivity index (χ3n) is 3.22. The van der Waals surface area contributed by atoms with Gasteiger partial charge in [-0.05, 0) is 43.4 Å². The molecule has 0 aliphatic heterocycles. The Morgan fingerprint density at radius 3 is 2.53 bits per heavy atom. The van der Waals surface area contributed by atoms with Gasteiger partial charge in [0.05, 0.1) is 11.4 Å². The van der Waals surface area contributed by atoms with Gasteiger partial charge in [0.25, 0.3) is 0 Å². The third-order valence-corrected chi connectivity index (χ3v) is 3.22. The van der Waals surface area contributed by atoms with E-state index in [1.165, 1.54) is 5.69 Å².